The molecule has 4 aromatic carbocycles. The summed E-state index contributed by atoms with van der Waals surface area (Å²) in [5.74, 6) is 0. The van der Waals surface area contributed by atoms with Gasteiger partial charge in [-0.3, -0.25) is 4.79 Å². The fourth-order valence-electron chi connectivity index (χ4n) is 4.81. The molecule has 0 fully saturated rings. The van der Waals surface area contributed by atoms with Gasteiger partial charge in [-0.15, -0.1) is 0 Å². The van der Waals surface area contributed by atoms with Crippen LogP contribution in [0.3, 0.4) is 0 Å². The zero-order chi connectivity index (χ0) is 22.6. The van der Waals surface area contributed by atoms with Gasteiger partial charge in [0.2, 0.25) is 0 Å². The van der Waals surface area contributed by atoms with Crippen LogP contribution in [0.4, 0.5) is 0 Å². The highest BCUT2D eigenvalue weighted by Crippen LogP contribution is 2.24. The quantitative estimate of drug-likeness (QED) is 0.346. The largest absolute Gasteiger partial charge is 0.342 e. The molecule has 0 spiro atoms. The third-order valence-corrected chi connectivity index (χ3v) is 7.39. The SMILES string of the molecule is O=c1/c(=C/c2cn(Cc3ccc4ccccc4c3)c3ccccc23)sc2nc3ccccc3n12. The Morgan fingerprint density at radius 1 is 0.824 bits per heavy atom. The summed E-state index contributed by atoms with van der Waals surface area (Å²) in [6.07, 6.45) is 4.16. The lowest BCUT2D eigenvalue weighted by Crippen LogP contribution is -2.22. The summed E-state index contributed by atoms with van der Waals surface area (Å²) >= 11 is 1.44. The second kappa shape index (κ2) is 7.40. The number of hydrogen-bond donors (Lipinski definition) is 0. The van der Waals surface area contributed by atoms with Crippen LogP contribution in [0.25, 0.3) is 43.7 Å². The van der Waals surface area contributed by atoms with Crippen LogP contribution in [0.1, 0.15) is 11.1 Å². The first-order valence-electron chi connectivity index (χ1n) is 11.2. The van der Waals surface area contributed by atoms with Crippen LogP contribution in [0.15, 0.2) is 102 Å². The minimum Gasteiger partial charge on any atom is -0.342 e. The Morgan fingerprint density at radius 2 is 1.59 bits per heavy atom. The van der Waals surface area contributed by atoms with Crippen LogP contribution in [-0.4, -0.2) is 14.0 Å². The molecule has 5 heteroatoms. The molecule has 0 aliphatic rings. The summed E-state index contributed by atoms with van der Waals surface area (Å²) < 4.78 is 4.69. The lowest BCUT2D eigenvalue weighted by atomic mass is 10.1. The van der Waals surface area contributed by atoms with Gasteiger partial charge in [0.25, 0.3) is 5.56 Å². The van der Waals surface area contributed by atoms with Gasteiger partial charge in [-0.25, -0.2) is 9.38 Å². The average molecular weight is 458 g/mol. The van der Waals surface area contributed by atoms with Gasteiger partial charge in [0, 0.05) is 29.2 Å². The first kappa shape index (κ1) is 19.3. The molecule has 0 unspecified atom stereocenters. The molecule has 34 heavy (non-hydrogen) atoms. The normalized spacial score (nSPS) is 12.5. The van der Waals surface area contributed by atoms with Gasteiger partial charge in [0.1, 0.15) is 0 Å². The smallest absolute Gasteiger partial charge is 0.274 e. The maximum Gasteiger partial charge on any atom is 0.274 e. The predicted molar refractivity (Wildman–Crippen MR) is 141 cm³/mol. The van der Waals surface area contributed by atoms with Crippen LogP contribution in [0.2, 0.25) is 0 Å². The topological polar surface area (TPSA) is 39.3 Å². The minimum atomic E-state index is -0.0138. The molecule has 7 rings (SSSR count). The second-order valence-electron chi connectivity index (χ2n) is 8.55. The van der Waals surface area contributed by atoms with Gasteiger partial charge in [-0.05, 0) is 46.7 Å². The zero-order valence-corrected chi connectivity index (χ0v) is 19.0. The van der Waals surface area contributed by atoms with Crippen molar-refractivity contribution in [2.75, 3.05) is 0 Å². The molecule has 0 bridgehead atoms. The van der Waals surface area contributed by atoms with Crippen molar-refractivity contribution in [2.45, 2.75) is 6.54 Å². The molecular formula is C29H19N3OS. The Morgan fingerprint density at radius 3 is 2.50 bits per heavy atom. The summed E-state index contributed by atoms with van der Waals surface area (Å²) in [6, 6.07) is 31.2. The van der Waals surface area contributed by atoms with E-state index in [0.29, 0.717) is 4.53 Å². The van der Waals surface area contributed by atoms with E-state index >= 15 is 0 Å². The average Bonchev–Trinajstić information content (AvgIpc) is 3.50. The number of nitrogens with zero attached hydrogens (tertiary/aromatic N) is 3. The van der Waals surface area contributed by atoms with Crippen molar-refractivity contribution < 1.29 is 0 Å². The van der Waals surface area contributed by atoms with Gasteiger partial charge in [-0.1, -0.05) is 78.1 Å². The number of aromatic nitrogens is 3. The number of rotatable bonds is 3. The highest BCUT2D eigenvalue weighted by molar-refractivity contribution is 7.15. The minimum absolute atomic E-state index is 0.0138. The van der Waals surface area contributed by atoms with Crippen molar-refractivity contribution in [2.24, 2.45) is 0 Å². The van der Waals surface area contributed by atoms with E-state index in [4.69, 9.17) is 0 Å². The van der Waals surface area contributed by atoms with Crippen LogP contribution in [0, 0.1) is 0 Å². The van der Waals surface area contributed by atoms with Crippen LogP contribution >= 0.6 is 11.3 Å². The predicted octanol–water partition coefficient (Wildman–Crippen LogP) is 5.61. The molecule has 3 aromatic heterocycles. The van der Waals surface area contributed by atoms with Crippen molar-refractivity contribution in [3.8, 4) is 0 Å². The second-order valence-corrected chi connectivity index (χ2v) is 9.55. The number of thiazole rings is 1. The lowest BCUT2D eigenvalue weighted by Gasteiger charge is -2.07. The molecule has 0 radical (unpaired) electrons. The van der Waals surface area contributed by atoms with Gasteiger partial charge in [0.05, 0.1) is 15.6 Å². The van der Waals surface area contributed by atoms with Crippen LogP contribution in [-0.2, 0) is 6.54 Å². The van der Waals surface area contributed by atoms with Crippen molar-refractivity contribution >= 4 is 55.1 Å². The molecule has 0 N–H and O–H groups in total. The van der Waals surface area contributed by atoms with E-state index in [2.05, 4.69) is 76.4 Å². The number of imidazole rings is 1. The Balaban J connectivity index is 1.37. The Hall–Kier alpha value is -4.22. The summed E-state index contributed by atoms with van der Waals surface area (Å²) in [4.78, 5) is 18.6. The summed E-state index contributed by atoms with van der Waals surface area (Å²) in [5.41, 5.74) is 5.14. The summed E-state index contributed by atoms with van der Waals surface area (Å²) in [5, 5.41) is 3.63. The van der Waals surface area contributed by atoms with Gasteiger partial charge in [-0.2, -0.15) is 0 Å². The molecule has 0 amide bonds. The molecule has 162 valence electrons. The van der Waals surface area contributed by atoms with E-state index in [1.54, 1.807) is 4.40 Å². The van der Waals surface area contributed by atoms with E-state index < -0.39 is 0 Å². The Bertz CT molecular complexity index is 1980. The fourth-order valence-corrected chi connectivity index (χ4v) is 5.79. The first-order chi connectivity index (χ1) is 16.7. The number of para-hydroxylation sites is 3. The van der Waals surface area contributed by atoms with E-state index in [1.165, 1.54) is 27.7 Å². The molecule has 0 saturated carbocycles. The van der Waals surface area contributed by atoms with E-state index in [-0.39, 0.29) is 5.56 Å². The van der Waals surface area contributed by atoms with Crippen LogP contribution < -0.4 is 10.1 Å². The standard InChI is InChI=1S/C29H19N3OS/c33-28-27(34-29-30-24-10-4-6-12-26(24)32(28)29)16-22-18-31(25-11-5-3-9-23(22)25)17-19-13-14-20-7-1-2-8-21(20)15-19/h1-16,18H,17H2/b27-16-. The van der Waals surface area contributed by atoms with E-state index in [1.807, 2.05) is 36.4 Å². The Labute approximate surface area is 198 Å². The van der Waals surface area contributed by atoms with Gasteiger partial charge in [0.15, 0.2) is 4.96 Å². The summed E-state index contributed by atoms with van der Waals surface area (Å²) in [7, 11) is 0. The number of fused-ring (bicyclic) bond motifs is 5. The van der Waals surface area contributed by atoms with E-state index in [9.17, 15) is 4.79 Å². The number of hydrogen-bond acceptors (Lipinski definition) is 3. The molecular weight excluding hydrogens is 438 g/mol. The monoisotopic (exact) mass is 457 g/mol. The highest BCUT2D eigenvalue weighted by atomic mass is 32.1. The molecule has 0 aliphatic carbocycles. The highest BCUT2D eigenvalue weighted by Gasteiger charge is 2.12. The molecule has 7 aromatic rings. The van der Waals surface area contributed by atoms with Crippen molar-refractivity contribution in [3.63, 3.8) is 0 Å². The third kappa shape index (κ3) is 2.98. The molecule has 0 saturated heterocycles. The Kier molecular flexibility index (Phi) is 4.19. The molecule has 0 aliphatic heterocycles. The lowest BCUT2D eigenvalue weighted by molar-refractivity contribution is 0.837. The van der Waals surface area contributed by atoms with Gasteiger partial charge < -0.3 is 4.57 Å². The number of benzene rings is 4. The zero-order valence-electron chi connectivity index (χ0n) is 18.2. The van der Waals surface area contributed by atoms with Crippen LogP contribution in [0.5, 0.6) is 0 Å². The van der Waals surface area contributed by atoms with Gasteiger partial charge >= 0.3 is 0 Å². The van der Waals surface area contributed by atoms with Crippen molar-refractivity contribution in [1.82, 2.24) is 14.0 Å². The summed E-state index contributed by atoms with van der Waals surface area (Å²) in [6.45, 7) is 0.766. The fraction of sp³-hybridized carbons (Fsp3) is 0.0345. The maximum absolute atomic E-state index is 13.3. The van der Waals surface area contributed by atoms with Crippen molar-refractivity contribution in [1.29, 1.82) is 0 Å². The first-order valence-corrected chi connectivity index (χ1v) is 12.0. The third-order valence-electron chi connectivity index (χ3n) is 6.42. The maximum atomic E-state index is 13.3. The van der Waals surface area contributed by atoms with E-state index in [0.717, 1.165) is 39.0 Å². The molecule has 0 atom stereocenters. The molecule has 3 heterocycles. The molecule has 4 nitrogen and oxygen atoms in total. The van der Waals surface area contributed by atoms with Crippen molar-refractivity contribution in [3.05, 3.63) is 123 Å².